The molecule has 3 spiro atoms. The molecule has 0 radical (unpaired) electrons. The van der Waals surface area contributed by atoms with E-state index < -0.39 is 41.6 Å². The molecule has 26 nitrogen and oxygen atoms in total. The van der Waals surface area contributed by atoms with Crippen LogP contribution in [0, 0.1) is 82.9 Å². The lowest BCUT2D eigenvalue weighted by Gasteiger charge is -2.49. The molecule has 18 atom stereocenters. The molecule has 6 aliphatic carbocycles. The molecule has 15 aliphatic rings. The number of hydrogen-bond donors (Lipinski definition) is 3. The van der Waals surface area contributed by atoms with Crippen molar-refractivity contribution in [2.75, 3.05) is 173 Å². The van der Waals surface area contributed by atoms with E-state index in [9.17, 15) is 35.4 Å². The van der Waals surface area contributed by atoms with Crippen LogP contribution in [-0.4, -0.2) is 255 Å². The highest BCUT2D eigenvalue weighted by molar-refractivity contribution is 7.99. The van der Waals surface area contributed by atoms with Gasteiger partial charge in [0.15, 0.2) is 18.9 Å². The Morgan fingerprint density at radius 1 is 0.356 bits per heavy atom. The van der Waals surface area contributed by atoms with Crippen LogP contribution in [0.3, 0.4) is 0 Å². The minimum atomic E-state index is -3.86. The third kappa shape index (κ3) is 23.8. The molecule has 6 fully saturated rings. The molecule has 1 unspecified atom stereocenters. The standard InChI is InChI=1S/C39H54ClN3O5S.C38H52ClN3O6S.C37H50ClN3O6S/c1-25-8-12-33(38-46-20-31(21-47-38)42(3)4)32-13-9-29(32)19-43-23-39(16-6-7-27-17-30(40)11-14-34(27)39)24-48-36-15-10-28(18-35(36)43)37(44)41-49(5,45)22-26(25)2;1-24-7-11-32(37-46-19-30(20-47-37)41(3)4)31-12-8-28(31)18-42-22-38(15-5-6-26-16-29(39)10-13-33(26)38)23-48-35-14-9-27(17-34(35)42)36(43)40-49(44,45)21-25(24)2;1-24-6-4-8-31(36-45-19-29(20-46-36)40(2)3)30-12-9-27(30)18-41-22-37(15-5-7-25-16-28(38)11-13-32(25)37)23-47-34-14-10-26(17-33(34)41)35(42)39-48(43,44)21-24/h10-11,14-15,17-18,25-26,29,31-33,38H,5-9,12-13,16,19-24H2,1-4H3,(H,41,44,45);9-10,13-14,16-17,24-25,28,30-32,37H,5-8,11-12,15,18-23H2,1-4H3,(H,40,43);10-11,13-14,16-17,24,27,29-31,36H,4-9,12,15,18-23H2,1-3H3,(H,39,42)/t25-,26+,29+,31?,32-,33-,38?,39+,49?;24-,25+,28+,30?,31-,32+,37?,38+;24-,27-,29?,30+,31-,36?,37-/m110/s1. The van der Waals surface area contributed by atoms with Gasteiger partial charge in [0.1, 0.15) is 17.2 Å². The van der Waals surface area contributed by atoms with Crippen molar-refractivity contribution in [3.63, 3.8) is 0 Å². The predicted molar refractivity (Wildman–Crippen MR) is 578 cm³/mol. The maximum Gasteiger partial charge on any atom is 0.264 e. The first kappa shape index (κ1) is 107. The fourth-order valence-electron chi connectivity index (χ4n) is 27.1. The number of halogens is 3. The van der Waals surface area contributed by atoms with Gasteiger partial charge in [-0.05, 0) is 372 Å². The van der Waals surface area contributed by atoms with E-state index >= 15 is 0 Å². The van der Waals surface area contributed by atoms with Crippen LogP contribution in [0.2, 0.25) is 15.1 Å². The van der Waals surface area contributed by atoms with Gasteiger partial charge in [-0.3, -0.25) is 19.1 Å². The van der Waals surface area contributed by atoms with Gasteiger partial charge in [0.05, 0.1) is 106 Å². The minimum Gasteiger partial charge on any atom is -0.490 e. The first-order valence-corrected chi connectivity index (χ1v) is 60.5. The largest absolute Gasteiger partial charge is 0.490 e. The molecule has 0 aromatic heterocycles. The highest BCUT2D eigenvalue weighted by atomic mass is 35.5. The Balaban J connectivity index is 0.000000138. The summed E-state index contributed by atoms with van der Waals surface area (Å²) >= 11 is 19.4. The number of hydrogen-bond acceptors (Lipinski definition) is 23. The molecule has 6 aromatic carbocycles. The SMILES string of the molecule is C=S1(=O)C[C@H](C)[C@H](C)CC[C@@H](C2OCC(N(C)C)CO2)[C@@H]2CC[C@H]2CN2C[C@@]3(CCCc4cc(Cl)ccc43)COc3ccc(cc32)C(=O)N1.C[C@@H]1CC[C@H](C2OCC(N(C)C)CO2)[C@@H]2CC[C@H]2CN2C[C@@]3(CCCc4cc(Cl)ccc43)COc3ccc(cc32)C(=O)NS(=O)(=O)C[C@@H]1C.C[C@H]1CCC[C@H](C2OCC(N(C)C)CO2)[C@@H]2CC[C@H]2CN2C[C@@]3(CCCc4cc(Cl)ccc43)COc3ccc(cc32)C(=O)NS(=O)(=O)C1. The van der Waals surface area contributed by atoms with Gasteiger partial charge >= 0.3 is 0 Å². The smallest absolute Gasteiger partial charge is 0.264 e. The summed E-state index contributed by atoms with van der Waals surface area (Å²) in [7, 11) is 1.87. The number of aryl methyl sites for hydroxylation is 3. The number of carbonyl (C=O) groups excluding carboxylic acids is 3. The molecule has 9 heterocycles. The number of benzene rings is 6. The van der Waals surface area contributed by atoms with Crippen LogP contribution in [-0.2, 0) is 93.7 Å². The fourth-order valence-corrected chi connectivity index (χ4v) is 32.3. The van der Waals surface area contributed by atoms with Gasteiger partial charge in [-0.25, -0.2) is 30.5 Å². The molecule has 3 saturated heterocycles. The summed E-state index contributed by atoms with van der Waals surface area (Å²) in [6, 6.07) is 36.0. The van der Waals surface area contributed by atoms with Crippen LogP contribution in [0.25, 0.3) is 0 Å². The summed E-state index contributed by atoms with van der Waals surface area (Å²) in [5.41, 5.74) is 10.8. The first-order chi connectivity index (χ1) is 69.8. The number of carbonyl (C=O) groups is 3. The van der Waals surface area contributed by atoms with Crippen molar-refractivity contribution in [2.24, 2.45) is 82.9 Å². The number of nitrogens with zero attached hydrogens (tertiary/aromatic N) is 6. The second-order valence-electron chi connectivity index (χ2n) is 47.2. The van der Waals surface area contributed by atoms with E-state index in [0.29, 0.717) is 123 Å². The van der Waals surface area contributed by atoms with Crippen molar-refractivity contribution in [3.8, 4) is 17.2 Å². The van der Waals surface area contributed by atoms with Crippen molar-refractivity contribution >= 4 is 105 Å². The molecular formula is C114H156Cl3N9O17S3. The third-order valence-electron chi connectivity index (χ3n) is 36.7. The predicted octanol–water partition coefficient (Wildman–Crippen LogP) is 17.7. The Hall–Kier alpha value is -7.04. The number of sulfonamides is 2. The lowest BCUT2D eigenvalue weighted by Crippen LogP contribution is -2.52. The van der Waals surface area contributed by atoms with E-state index in [1.54, 1.807) is 18.2 Å². The molecule has 32 heteroatoms. The second-order valence-corrected chi connectivity index (χ2v) is 54.3. The lowest BCUT2D eigenvalue weighted by molar-refractivity contribution is -0.241. The first-order valence-electron chi connectivity index (χ1n) is 54.2. The van der Waals surface area contributed by atoms with Crippen molar-refractivity contribution in [2.45, 2.75) is 229 Å². The number of anilines is 3. The molecule has 9 aliphatic heterocycles. The molecule has 21 rings (SSSR count). The van der Waals surface area contributed by atoms with Crippen LogP contribution in [0.4, 0.5) is 17.1 Å². The maximum atomic E-state index is 13.7. The number of amides is 3. The lowest BCUT2D eigenvalue weighted by atomic mass is 9.64. The average molecular weight is 2130 g/mol. The normalized spacial score (nSPS) is 35.2. The summed E-state index contributed by atoms with van der Waals surface area (Å²) in [6.07, 6.45) is 21.4. The van der Waals surface area contributed by atoms with E-state index in [-0.39, 0.29) is 112 Å². The minimum absolute atomic E-state index is 0.0901. The maximum absolute atomic E-state index is 13.7. The van der Waals surface area contributed by atoms with Crippen molar-refractivity contribution in [1.82, 2.24) is 28.9 Å². The van der Waals surface area contributed by atoms with Gasteiger partial charge in [0.2, 0.25) is 20.0 Å². The Kier molecular flexibility index (Phi) is 33.0. The van der Waals surface area contributed by atoms with Crippen LogP contribution in [0.1, 0.15) is 221 Å². The van der Waals surface area contributed by atoms with Crippen molar-refractivity contribution in [3.05, 3.63) is 174 Å². The Bertz CT molecular complexity index is 5800. The second kappa shape index (κ2) is 44.9. The zero-order valence-electron chi connectivity index (χ0n) is 87.4. The van der Waals surface area contributed by atoms with E-state index in [1.165, 1.54) is 33.4 Å². The van der Waals surface area contributed by atoms with E-state index in [0.717, 1.165) is 230 Å². The molecule has 3 N–H and O–H groups in total. The molecule has 3 saturated carbocycles. The quantitative estimate of drug-likeness (QED) is 0.131. The summed E-state index contributed by atoms with van der Waals surface area (Å²) in [4.78, 5) is 54.4. The van der Waals surface area contributed by atoms with E-state index in [4.69, 9.17) is 77.4 Å². The van der Waals surface area contributed by atoms with Gasteiger partial charge in [-0.15, -0.1) is 0 Å². The summed E-state index contributed by atoms with van der Waals surface area (Å²) < 4.78 is 133. The van der Waals surface area contributed by atoms with Gasteiger partial charge in [-0.2, -0.15) is 0 Å². The number of ether oxygens (including phenoxy) is 9. The number of fused-ring (bicyclic) bond motifs is 12. The highest BCUT2D eigenvalue weighted by Crippen LogP contribution is 2.56. The summed E-state index contributed by atoms with van der Waals surface area (Å²) in [5, 5.41) is 2.27. The van der Waals surface area contributed by atoms with Crippen molar-refractivity contribution in [1.29, 1.82) is 0 Å². The molecule has 3 amide bonds. The third-order valence-corrected chi connectivity index (χ3v) is 42.0. The Morgan fingerprint density at radius 2 is 0.671 bits per heavy atom. The van der Waals surface area contributed by atoms with Gasteiger partial charge in [0, 0.05) is 120 Å². The molecule has 6 bridgehead atoms. The molecule has 146 heavy (non-hydrogen) atoms. The van der Waals surface area contributed by atoms with E-state index in [2.05, 4.69) is 149 Å². The topological polar surface area (TPSA) is 275 Å². The fraction of sp³-hybridized carbons (Fsp3) is 0.649. The number of nitrogens with one attached hydrogen (secondary N) is 3. The molecular weight excluding hydrogens is 1970 g/mol. The molecule has 798 valence electrons. The van der Waals surface area contributed by atoms with Crippen LogP contribution < -0.4 is 43.1 Å². The monoisotopic (exact) mass is 2120 g/mol. The zero-order valence-corrected chi connectivity index (χ0v) is 92.1. The van der Waals surface area contributed by atoms with E-state index in [1.807, 2.05) is 68.4 Å². The number of likely N-dealkylation sites (N-methyl/N-ethyl adjacent to an activating group) is 3. The summed E-state index contributed by atoms with van der Waals surface area (Å²) in [5.74, 6) is 8.49. The van der Waals surface area contributed by atoms with Crippen LogP contribution >= 0.6 is 34.8 Å². The Morgan fingerprint density at radius 3 is 1.00 bits per heavy atom. The Labute approximate surface area is 882 Å². The van der Waals surface area contributed by atoms with Gasteiger partial charge < -0.3 is 72.0 Å². The van der Waals surface area contributed by atoms with Gasteiger partial charge in [0.25, 0.3) is 17.7 Å². The van der Waals surface area contributed by atoms with Crippen LogP contribution in [0.5, 0.6) is 17.2 Å². The zero-order chi connectivity index (χ0) is 103. The summed E-state index contributed by atoms with van der Waals surface area (Å²) in [6.45, 7) is 20.7. The molecule has 6 aromatic rings. The van der Waals surface area contributed by atoms with Crippen LogP contribution in [0.15, 0.2) is 109 Å². The van der Waals surface area contributed by atoms with Gasteiger partial charge in [-0.1, -0.05) is 94.0 Å². The highest BCUT2D eigenvalue weighted by Gasteiger charge is 2.53. The average Bonchev–Trinajstić information content (AvgIpc) is 1.64. The van der Waals surface area contributed by atoms with Crippen molar-refractivity contribution < 1.29 is 78.1 Å². The number of rotatable bonds is 6.